The van der Waals surface area contributed by atoms with Crippen molar-refractivity contribution in [3.63, 3.8) is 0 Å². The molecule has 1 heterocycles. The van der Waals surface area contributed by atoms with Gasteiger partial charge in [-0.1, -0.05) is 19.1 Å². The molecule has 1 amide bonds. The van der Waals surface area contributed by atoms with Crippen LogP contribution in [0.25, 0.3) is 0 Å². The van der Waals surface area contributed by atoms with E-state index >= 15 is 0 Å². The van der Waals surface area contributed by atoms with Crippen LogP contribution in [0.2, 0.25) is 0 Å². The van der Waals surface area contributed by atoms with Crippen LogP contribution in [-0.4, -0.2) is 73.0 Å². The van der Waals surface area contributed by atoms with Gasteiger partial charge >= 0.3 is 5.97 Å². The van der Waals surface area contributed by atoms with Gasteiger partial charge in [0, 0.05) is 32.2 Å². The fourth-order valence-electron chi connectivity index (χ4n) is 3.11. The van der Waals surface area contributed by atoms with E-state index in [9.17, 15) is 19.7 Å². The number of nitrogens with one attached hydrogen (secondary N) is 2. The molecular formula is C19H29N7O5. The fraction of sp³-hybridized carbons (Fsp3) is 0.579. The number of ether oxygens (including phenoxy) is 1. The van der Waals surface area contributed by atoms with Gasteiger partial charge in [-0.3, -0.25) is 19.7 Å². The maximum absolute atomic E-state index is 12.9. The Morgan fingerprint density at radius 2 is 1.94 bits per heavy atom. The van der Waals surface area contributed by atoms with Crippen molar-refractivity contribution in [1.29, 1.82) is 0 Å². The molecule has 170 valence electrons. The molecule has 0 bridgehead atoms. The first-order valence-corrected chi connectivity index (χ1v) is 9.98. The number of hydrogen-bond acceptors (Lipinski definition) is 9. The van der Waals surface area contributed by atoms with Crippen LogP contribution in [0.3, 0.4) is 0 Å². The van der Waals surface area contributed by atoms with E-state index in [2.05, 4.69) is 26.2 Å². The number of benzene rings is 1. The number of nitro benzene ring substituents is 1. The van der Waals surface area contributed by atoms with E-state index in [0.29, 0.717) is 32.6 Å². The van der Waals surface area contributed by atoms with Crippen LogP contribution >= 0.6 is 0 Å². The lowest BCUT2D eigenvalue weighted by molar-refractivity contribution is -0.385. The van der Waals surface area contributed by atoms with Gasteiger partial charge in [0.25, 0.3) is 11.6 Å². The van der Waals surface area contributed by atoms with Gasteiger partial charge in [0.15, 0.2) is 0 Å². The quantitative estimate of drug-likeness (QED) is 0.258. The fourth-order valence-corrected chi connectivity index (χ4v) is 3.11. The van der Waals surface area contributed by atoms with Crippen molar-refractivity contribution in [2.45, 2.75) is 26.3 Å². The number of carbonyl (C=O) groups is 2. The van der Waals surface area contributed by atoms with Crippen molar-refractivity contribution in [1.82, 2.24) is 20.8 Å². The van der Waals surface area contributed by atoms with Crippen LogP contribution in [0.1, 0.15) is 30.6 Å². The lowest BCUT2D eigenvalue weighted by Gasteiger charge is -2.32. The first-order chi connectivity index (χ1) is 14.7. The lowest BCUT2D eigenvalue weighted by atomic mass is 10.0. The number of piperazine rings is 1. The highest BCUT2D eigenvalue weighted by atomic mass is 16.6. The highest BCUT2D eigenvalue weighted by Crippen LogP contribution is 2.26. The number of nitro groups is 1. The Morgan fingerprint density at radius 3 is 2.52 bits per heavy atom. The van der Waals surface area contributed by atoms with Gasteiger partial charge in [-0.2, -0.15) is 0 Å². The summed E-state index contributed by atoms with van der Waals surface area (Å²) in [6.07, 6.45) is 0.524. The molecule has 0 unspecified atom stereocenters. The zero-order chi connectivity index (χ0) is 23.0. The molecule has 1 saturated heterocycles. The summed E-state index contributed by atoms with van der Waals surface area (Å²) >= 11 is 0. The van der Waals surface area contributed by atoms with Gasteiger partial charge in [0.1, 0.15) is 11.6 Å². The zero-order valence-electron chi connectivity index (χ0n) is 18.2. The molecule has 31 heavy (non-hydrogen) atoms. The number of hydrazine groups is 1. The van der Waals surface area contributed by atoms with E-state index in [1.54, 1.807) is 4.90 Å². The number of likely N-dealkylation sites (N-methyl/N-ethyl adjacent to an activating group) is 1. The highest BCUT2D eigenvalue weighted by Gasteiger charge is 2.27. The van der Waals surface area contributed by atoms with Gasteiger partial charge in [0.05, 0.1) is 17.7 Å². The van der Waals surface area contributed by atoms with Crippen molar-refractivity contribution < 1.29 is 19.2 Å². The smallest absolute Gasteiger partial charge is 0.324 e. The zero-order valence-corrected chi connectivity index (χ0v) is 18.2. The third kappa shape index (κ3) is 6.96. The number of hydrogen-bond donors (Lipinski definition) is 2. The van der Waals surface area contributed by atoms with E-state index in [-0.39, 0.29) is 22.9 Å². The molecule has 1 aromatic carbocycles. The molecule has 0 spiro atoms. The minimum atomic E-state index is -0.616. The highest BCUT2D eigenvalue weighted by molar-refractivity contribution is 5.99. The predicted molar refractivity (Wildman–Crippen MR) is 113 cm³/mol. The second-order valence-corrected chi connectivity index (χ2v) is 7.72. The normalized spacial score (nSPS) is 15.8. The number of rotatable bonds is 9. The summed E-state index contributed by atoms with van der Waals surface area (Å²) < 4.78 is 4.75. The topological polar surface area (TPSA) is 142 Å². The standard InChI is InChI=1S/C19H29N7O5/c1-13(2)11-16(19(28)31-4)21-23-22-20-14-5-6-17(26(29)30)15(12-14)18(27)25-9-7-24(3)8-10-25/h5-6,12-13,16H,7-11H2,1-4H3,(H,20,23)(H,21,22)/t16-/m0/s1. The monoisotopic (exact) mass is 435 g/mol. The molecule has 0 aliphatic carbocycles. The Morgan fingerprint density at radius 1 is 1.26 bits per heavy atom. The lowest BCUT2D eigenvalue weighted by Crippen LogP contribution is -2.47. The van der Waals surface area contributed by atoms with Crippen molar-refractivity contribution in [3.05, 3.63) is 33.9 Å². The first-order valence-electron chi connectivity index (χ1n) is 9.98. The van der Waals surface area contributed by atoms with Crippen molar-refractivity contribution in [3.8, 4) is 0 Å². The van der Waals surface area contributed by atoms with Crippen LogP contribution in [-0.2, 0) is 9.53 Å². The molecule has 2 N–H and O–H groups in total. The average Bonchev–Trinajstić information content (AvgIpc) is 2.74. The van der Waals surface area contributed by atoms with Crippen molar-refractivity contribution >= 4 is 23.3 Å². The predicted octanol–water partition coefficient (Wildman–Crippen LogP) is 1.66. The summed E-state index contributed by atoms with van der Waals surface area (Å²) in [6, 6.07) is 3.36. The Labute approximate surface area is 180 Å². The van der Waals surface area contributed by atoms with Crippen LogP contribution in [0.4, 0.5) is 11.4 Å². The summed E-state index contributed by atoms with van der Waals surface area (Å²) in [7, 11) is 3.26. The van der Waals surface area contributed by atoms with Crippen molar-refractivity contribution in [2.24, 2.45) is 16.3 Å². The summed E-state index contributed by atoms with van der Waals surface area (Å²) in [5.74, 6) is -0.606. The SMILES string of the molecule is COC(=O)[C@H](CC(C)C)NNN=Nc1ccc([N+](=O)[O-])c(C(=O)N2CCN(C)CC2)c1. The minimum absolute atomic E-state index is 0.0359. The molecular weight excluding hydrogens is 406 g/mol. The number of esters is 1. The van der Waals surface area contributed by atoms with E-state index < -0.39 is 22.8 Å². The molecule has 1 aromatic rings. The maximum Gasteiger partial charge on any atom is 0.324 e. The summed E-state index contributed by atoms with van der Waals surface area (Å²) in [5.41, 5.74) is 5.15. The van der Waals surface area contributed by atoms with E-state index in [1.807, 2.05) is 20.9 Å². The molecule has 1 atom stereocenters. The van der Waals surface area contributed by atoms with E-state index in [1.165, 1.54) is 25.3 Å². The molecule has 0 saturated carbocycles. The van der Waals surface area contributed by atoms with Crippen molar-refractivity contribution in [2.75, 3.05) is 40.3 Å². The molecule has 2 rings (SSSR count). The Kier molecular flexibility index (Phi) is 8.82. The van der Waals surface area contributed by atoms with Gasteiger partial charge in [-0.05, 0) is 31.5 Å². The Balaban J connectivity index is 2.11. The van der Waals surface area contributed by atoms with Crippen LogP contribution in [0.5, 0.6) is 0 Å². The largest absolute Gasteiger partial charge is 0.468 e. The summed E-state index contributed by atoms with van der Waals surface area (Å²) in [6.45, 7) is 6.32. The molecule has 0 radical (unpaired) electrons. The number of methoxy groups -OCH3 is 1. The molecule has 1 aliphatic heterocycles. The maximum atomic E-state index is 12.9. The number of amides is 1. The second-order valence-electron chi connectivity index (χ2n) is 7.72. The van der Waals surface area contributed by atoms with Gasteiger partial charge in [-0.25, -0.2) is 11.0 Å². The molecule has 12 heteroatoms. The molecule has 1 aliphatic rings. The second kappa shape index (κ2) is 11.3. The summed E-state index contributed by atoms with van der Waals surface area (Å²) in [4.78, 5) is 39.1. The Hall–Kier alpha value is -3.12. The van der Waals surface area contributed by atoms with Gasteiger partial charge in [-0.15, -0.1) is 5.11 Å². The van der Waals surface area contributed by atoms with Crippen LogP contribution in [0.15, 0.2) is 28.5 Å². The van der Waals surface area contributed by atoms with E-state index in [0.717, 1.165) is 0 Å². The molecule has 0 aromatic heterocycles. The van der Waals surface area contributed by atoms with Gasteiger partial charge in [0.2, 0.25) is 0 Å². The third-order valence-electron chi connectivity index (χ3n) is 4.84. The number of carbonyl (C=O) groups excluding carboxylic acids is 2. The number of nitrogens with zero attached hydrogens (tertiary/aromatic N) is 5. The molecule has 1 fully saturated rings. The minimum Gasteiger partial charge on any atom is -0.468 e. The molecule has 12 nitrogen and oxygen atoms in total. The Bertz CT molecular complexity index is 822. The summed E-state index contributed by atoms with van der Waals surface area (Å²) in [5, 5.41) is 19.1. The third-order valence-corrected chi connectivity index (χ3v) is 4.84. The average molecular weight is 435 g/mol. The van der Waals surface area contributed by atoms with Crippen LogP contribution in [0, 0.1) is 16.0 Å². The van der Waals surface area contributed by atoms with E-state index in [4.69, 9.17) is 4.74 Å². The first kappa shape index (κ1) is 24.2. The van der Waals surface area contributed by atoms with Gasteiger partial charge < -0.3 is 14.5 Å². The van der Waals surface area contributed by atoms with Crippen LogP contribution < -0.4 is 11.0 Å².